The smallest absolute Gasteiger partial charge is 0.387 e. The average molecular weight is 405 g/mol. The Hall–Kier alpha value is -2.87. The number of nitrogens with one attached hydrogen (secondary N) is 2. The fourth-order valence-corrected chi connectivity index (χ4v) is 3.49. The van der Waals surface area contributed by atoms with Crippen molar-refractivity contribution in [1.29, 1.82) is 0 Å². The number of ether oxygens (including phenoxy) is 2. The highest BCUT2D eigenvalue weighted by Crippen LogP contribution is 2.31. The Labute approximate surface area is 168 Å². The molecule has 156 valence electrons. The molecule has 3 rings (SSSR count). The summed E-state index contributed by atoms with van der Waals surface area (Å²) in [6, 6.07) is 14.0. The Morgan fingerprint density at radius 3 is 2.48 bits per heavy atom. The number of alkyl halides is 2. The first kappa shape index (κ1) is 20.9. The molecule has 0 aromatic heterocycles. The van der Waals surface area contributed by atoms with Crippen LogP contribution in [0.5, 0.6) is 11.5 Å². The van der Waals surface area contributed by atoms with Crippen LogP contribution in [0, 0.1) is 0 Å². The molecule has 8 heteroatoms. The number of amides is 2. The number of rotatable bonds is 8. The largest absolute Gasteiger partial charge is 0.493 e. The van der Waals surface area contributed by atoms with Crippen molar-refractivity contribution >= 4 is 11.7 Å². The number of hydrogen-bond donors (Lipinski definition) is 2. The van der Waals surface area contributed by atoms with Crippen LogP contribution in [0.25, 0.3) is 0 Å². The van der Waals surface area contributed by atoms with E-state index in [1.54, 1.807) is 6.07 Å². The number of methoxy groups -OCH3 is 1. The van der Waals surface area contributed by atoms with Crippen molar-refractivity contribution in [3.05, 3.63) is 54.1 Å². The van der Waals surface area contributed by atoms with Gasteiger partial charge in [-0.2, -0.15) is 8.78 Å². The van der Waals surface area contributed by atoms with E-state index < -0.39 is 12.6 Å². The molecular formula is C21H25F2N3O3. The van der Waals surface area contributed by atoms with Crippen molar-refractivity contribution < 1.29 is 23.0 Å². The number of likely N-dealkylation sites (tertiary alicyclic amines) is 1. The number of hydrogen-bond acceptors (Lipinski definition) is 4. The second-order valence-electron chi connectivity index (χ2n) is 6.75. The van der Waals surface area contributed by atoms with Crippen LogP contribution >= 0.6 is 0 Å². The zero-order valence-electron chi connectivity index (χ0n) is 16.2. The van der Waals surface area contributed by atoms with Gasteiger partial charge in [0.1, 0.15) is 0 Å². The van der Waals surface area contributed by atoms with Crippen LogP contribution in [0.2, 0.25) is 0 Å². The fourth-order valence-electron chi connectivity index (χ4n) is 3.49. The molecule has 2 N–H and O–H groups in total. The van der Waals surface area contributed by atoms with Gasteiger partial charge >= 0.3 is 12.6 Å². The number of anilines is 1. The van der Waals surface area contributed by atoms with E-state index in [4.69, 9.17) is 4.74 Å². The van der Waals surface area contributed by atoms with Crippen molar-refractivity contribution in [2.45, 2.75) is 25.5 Å². The van der Waals surface area contributed by atoms with E-state index in [1.165, 1.54) is 19.2 Å². The van der Waals surface area contributed by atoms with Gasteiger partial charge in [0, 0.05) is 18.3 Å². The summed E-state index contributed by atoms with van der Waals surface area (Å²) in [6.45, 7) is -0.558. The van der Waals surface area contributed by atoms with E-state index in [2.05, 4.69) is 32.4 Å². The predicted molar refractivity (Wildman–Crippen MR) is 107 cm³/mol. The lowest BCUT2D eigenvalue weighted by molar-refractivity contribution is -0.0511. The van der Waals surface area contributed by atoms with E-state index in [9.17, 15) is 13.6 Å². The quantitative estimate of drug-likeness (QED) is 0.689. The molecule has 0 saturated carbocycles. The summed E-state index contributed by atoms with van der Waals surface area (Å²) in [5.41, 5.74) is 1.48. The Morgan fingerprint density at radius 1 is 1.10 bits per heavy atom. The Bertz CT molecular complexity index is 799. The van der Waals surface area contributed by atoms with E-state index >= 15 is 0 Å². The zero-order chi connectivity index (χ0) is 20.6. The molecule has 1 unspecified atom stereocenters. The topological polar surface area (TPSA) is 62.8 Å². The summed E-state index contributed by atoms with van der Waals surface area (Å²) in [5.74, 6) is 0.0222. The van der Waals surface area contributed by atoms with Gasteiger partial charge in [-0.25, -0.2) is 4.79 Å². The van der Waals surface area contributed by atoms with E-state index in [0.29, 0.717) is 12.2 Å². The fraction of sp³-hybridized carbons (Fsp3) is 0.381. The minimum absolute atomic E-state index is 0.0815. The van der Waals surface area contributed by atoms with E-state index in [0.717, 1.165) is 31.5 Å². The Kier molecular flexibility index (Phi) is 7.24. The van der Waals surface area contributed by atoms with Crippen molar-refractivity contribution in [3.8, 4) is 11.5 Å². The predicted octanol–water partition coefficient (Wildman–Crippen LogP) is 4.26. The third-order valence-corrected chi connectivity index (χ3v) is 4.86. The Balaban J connectivity index is 1.63. The summed E-state index contributed by atoms with van der Waals surface area (Å²) in [6.07, 6.45) is 2.29. The molecule has 0 spiro atoms. The minimum atomic E-state index is -2.99. The molecule has 1 saturated heterocycles. The number of urea groups is 1. The average Bonchev–Trinajstić information content (AvgIpc) is 3.23. The molecule has 2 amide bonds. The number of halogens is 2. The molecule has 6 nitrogen and oxygen atoms in total. The highest BCUT2D eigenvalue weighted by molar-refractivity contribution is 5.89. The SMILES string of the molecule is COc1ccc(NC(=O)NCC(c2ccccc2)N2CCCC2)cc1OC(F)F. The highest BCUT2D eigenvalue weighted by atomic mass is 19.3. The summed E-state index contributed by atoms with van der Waals surface area (Å²) in [4.78, 5) is 14.7. The van der Waals surface area contributed by atoms with Gasteiger partial charge in [-0.3, -0.25) is 4.90 Å². The van der Waals surface area contributed by atoms with Crippen LogP contribution in [0.3, 0.4) is 0 Å². The molecule has 1 fully saturated rings. The summed E-state index contributed by atoms with van der Waals surface area (Å²) in [5, 5.41) is 5.54. The molecule has 1 aliphatic heterocycles. The van der Waals surface area contributed by atoms with Gasteiger partial charge in [-0.15, -0.1) is 0 Å². The summed E-state index contributed by atoms with van der Waals surface area (Å²) in [7, 11) is 1.36. The number of benzene rings is 2. The summed E-state index contributed by atoms with van der Waals surface area (Å²) >= 11 is 0. The van der Waals surface area contributed by atoms with Gasteiger partial charge in [0.25, 0.3) is 0 Å². The summed E-state index contributed by atoms with van der Waals surface area (Å²) < 4.78 is 34.6. The molecule has 1 heterocycles. The van der Waals surface area contributed by atoms with Crippen LogP contribution < -0.4 is 20.1 Å². The maximum Gasteiger partial charge on any atom is 0.387 e. The van der Waals surface area contributed by atoms with Crippen LogP contribution in [0.4, 0.5) is 19.3 Å². The molecule has 2 aromatic rings. The monoisotopic (exact) mass is 405 g/mol. The molecule has 1 atom stereocenters. The van der Waals surface area contributed by atoms with Crippen LogP contribution in [0.1, 0.15) is 24.4 Å². The molecule has 2 aromatic carbocycles. The van der Waals surface area contributed by atoms with Crippen LogP contribution in [0.15, 0.2) is 48.5 Å². The molecule has 0 radical (unpaired) electrons. The third kappa shape index (κ3) is 5.80. The minimum Gasteiger partial charge on any atom is -0.493 e. The Morgan fingerprint density at radius 2 is 1.83 bits per heavy atom. The maximum atomic E-state index is 12.6. The van der Waals surface area contributed by atoms with Gasteiger partial charge in [-0.05, 0) is 43.6 Å². The molecular weight excluding hydrogens is 380 g/mol. The van der Waals surface area contributed by atoms with E-state index in [-0.39, 0.29) is 17.5 Å². The van der Waals surface area contributed by atoms with Crippen LogP contribution in [-0.4, -0.2) is 44.3 Å². The standard InChI is InChI=1S/C21H25F2N3O3/c1-28-18-10-9-16(13-19(18)29-20(22)23)25-21(27)24-14-17(26-11-5-6-12-26)15-7-3-2-4-8-15/h2-4,7-10,13,17,20H,5-6,11-12,14H2,1H3,(H2,24,25,27). The van der Waals surface area contributed by atoms with Crippen LogP contribution in [-0.2, 0) is 0 Å². The molecule has 0 aliphatic carbocycles. The van der Waals surface area contributed by atoms with Crippen molar-refractivity contribution in [1.82, 2.24) is 10.2 Å². The first-order valence-electron chi connectivity index (χ1n) is 9.53. The second kappa shape index (κ2) is 10.1. The second-order valence-corrected chi connectivity index (χ2v) is 6.75. The molecule has 0 bridgehead atoms. The zero-order valence-corrected chi connectivity index (χ0v) is 16.2. The van der Waals surface area contributed by atoms with Gasteiger partial charge < -0.3 is 20.1 Å². The lowest BCUT2D eigenvalue weighted by atomic mass is 10.1. The van der Waals surface area contributed by atoms with Gasteiger partial charge in [0.2, 0.25) is 0 Å². The lowest BCUT2D eigenvalue weighted by Gasteiger charge is -2.28. The number of nitrogens with zero attached hydrogens (tertiary/aromatic N) is 1. The number of carbonyl (C=O) groups excluding carboxylic acids is 1. The van der Waals surface area contributed by atoms with Gasteiger partial charge in [-0.1, -0.05) is 30.3 Å². The van der Waals surface area contributed by atoms with E-state index in [1.807, 2.05) is 18.2 Å². The third-order valence-electron chi connectivity index (χ3n) is 4.86. The van der Waals surface area contributed by atoms with Crippen molar-refractivity contribution in [3.63, 3.8) is 0 Å². The maximum absolute atomic E-state index is 12.6. The van der Waals surface area contributed by atoms with Crippen molar-refractivity contribution in [2.24, 2.45) is 0 Å². The lowest BCUT2D eigenvalue weighted by Crippen LogP contribution is -2.38. The van der Waals surface area contributed by atoms with Gasteiger partial charge in [0.05, 0.1) is 13.2 Å². The van der Waals surface area contributed by atoms with Crippen molar-refractivity contribution in [2.75, 3.05) is 32.1 Å². The van der Waals surface area contributed by atoms with Gasteiger partial charge in [0.15, 0.2) is 11.5 Å². The highest BCUT2D eigenvalue weighted by Gasteiger charge is 2.23. The first-order chi connectivity index (χ1) is 14.1. The molecule has 29 heavy (non-hydrogen) atoms. The first-order valence-corrected chi connectivity index (χ1v) is 9.53. The molecule has 1 aliphatic rings. The normalized spacial score (nSPS) is 15.2. The number of carbonyl (C=O) groups is 1.